The second-order valence-corrected chi connectivity index (χ2v) is 8.27. The lowest BCUT2D eigenvalue weighted by atomic mass is 10.0. The molecule has 27 heavy (non-hydrogen) atoms. The number of halogens is 1. The second-order valence-electron chi connectivity index (χ2n) is 6.59. The summed E-state index contributed by atoms with van der Waals surface area (Å²) in [5.74, 6) is -1.72. The molecule has 0 saturated heterocycles. The molecule has 7 nitrogen and oxygen atoms in total. The molecule has 0 amide bonds. The van der Waals surface area contributed by atoms with Crippen LogP contribution in [0.2, 0.25) is 0 Å². The maximum atomic E-state index is 14.4. The number of sulfonamides is 1. The van der Waals surface area contributed by atoms with Gasteiger partial charge in [0.1, 0.15) is 10.7 Å². The Bertz CT molecular complexity index is 1170. The van der Waals surface area contributed by atoms with Gasteiger partial charge in [0.2, 0.25) is 10.0 Å². The molecular formula is C18H18FN3O4S. The lowest BCUT2D eigenvalue weighted by molar-refractivity contribution is 0.524. The van der Waals surface area contributed by atoms with E-state index in [0.29, 0.717) is 6.42 Å². The van der Waals surface area contributed by atoms with Crippen LogP contribution in [0.4, 0.5) is 10.1 Å². The Hall–Kier alpha value is -2.65. The van der Waals surface area contributed by atoms with Crippen molar-refractivity contribution in [1.29, 1.82) is 0 Å². The fourth-order valence-corrected chi connectivity index (χ4v) is 4.79. The number of aromatic amines is 1. The summed E-state index contributed by atoms with van der Waals surface area (Å²) in [5.41, 5.74) is 1.88. The Labute approximate surface area is 154 Å². The average molecular weight is 391 g/mol. The number of para-hydroxylation sites is 1. The molecule has 142 valence electrons. The Morgan fingerprint density at radius 3 is 2.89 bits per heavy atom. The lowest BCUT2D eigenvalue weighted by Crippen LogP contribution is -2.29. The molecule has 2 aromatic carbocycles. The number of aromatic nitrogens is 1. The van der Waals surface area contributed by atoms with Crippen LogP contribution in [0.3, 0.4) is 0 Å². The van der Waals surface area contributed by atoms with Gasteiger partial charge in [-0.2, -0.15) is 0 Å². The molecule has 0 radical (unpaired) electrons. The number of oxazole rings is 1. The van der Waals surface area contributed by atoms with E-state index in [1.807, 2.05) is 31.3 Å². The summed E-state index contributed by atoms with van der Waals surface area (Å²) in [4.78, 5) is 15.1. The summed E-state index contributed by atoms with van der Waals surface area (Å²) < 4.78 is 47.7. The average Bonchev–Trinajstić information content (AvgIpc) is 2.91. The van der Waals surface area contributed by atoms with E-state index in [1.165, 1.54) is 0 Å². The number of H-pyrrole nitrogens is 1. The van der Waals surface area contributed by atoms with E-state index in [9.17, 15) is 17.6 Å². The van der Waals surface area contributed by atoms with Gasteiger partial charge in [-0.25, -0.2) is 22.3 Å². The topological polar surface area (TPSA) is 95.4 Å². The van der Waals surface area contributed by atoms with Crippen molar-refractivity contribution in [2.24, 2.45) is 0 Å². The number of fused-ring (bicyclic) bond motifs is 2. The summed E-state index contributed by atoms with van der Waals surface area (Å²) in [6, 6.07) is 9.04. The first-order valence-electron chi connectivity index (χ1n) is 8.50. The van der Waals surface area contributed by atoms with Crippen LogP contribution in [0.1, 0.15) is 24.4 Å². The number of benzene rings is 2. The molecule has 0 spiro atoms. The molecule has 0 bridgehead atoms. The van der Waals surface area contributed by atoms with E-state index in [4.69, 9.17) is 4.42 Å². The van der Waals surface area contributed by atoms with Gasteiger partial charge in [0.05, 0.1) is 5.52 Å². The van der Waals surface area contributed by atoms with Gasteiger partial charge in [-0.15, -0.1) is 0 Å². The third-order valence-electron chi connectivity index (χ3n) is 4.77. The molecule has 1 aliphatic heterocycles. The molecule has 0 fully saturated rings. The fraction of sp³-hybridized carbons (Fsp3) is 0.278. The van der Waals surface area contributed by atoms with E-state index in [-0.39, 0.29) is 11.1 Å². The molecule has 2 heterocycles. The minimum Gasteiger partial charge on any atom is -0.408 e. The van der Waals surface area contributed by atoms with Crippen LogP contribution >= 0.6 is 0 Å². The minimum atomic E-state index is -4.17. The molecular weight excluding hydrogens is 373 g/mol. The lowest BCUT2D eigenvalue weighted by Gasteiger charge is -2.22. The SMILES string of the molecule is CN1CCCC(NS(=O)(=O)c2cc3oc(=O)[nH]c3cc2F)c2ccccc21. The zero-order chi connectivity index (χ0) is 19.2. The van der Waals surface area contributed by atoms with Gasteiger partial charge in [0.15, 0.2) is 5.58 Å². The van der Waals surface area contributed by atoms with Crippen LogP contribution in [0, 0.1) is 5.82 Å². The Balaban J connectivity index is 1.74. The monoisotopic (exact) mass is 391 g/mol. The Morgan fingerprint density at radius 2 is 2.07 bits per heavy atom. The largest absolute Gasteiger partial charge is 0.417 e. The molecule has 1 unspecified atom stereocenters. The highest BCUT2D eigenvalue weighted by Gasteiger charge is 2.28. The molecule has 0 saturated carbocycles. The summed E-state index contributed by atoms with van der Waals surface area (Å²) >= 11 is 0. The van der Waals surface area contributed by atoms with Crippen molar-refractivity contribution in [3.63, 3.8) is 0 Å². The zero-order valence-electron chi connectivity index (χ0n) is 14.5. The smallest absolute Gasteiger partial charge is 0.408 e. The minimum absolute atomic E-state index is 0.0113. The summed E-state index contributed by atoms with van der Waals surface area (Å²) in [5, 5.41) is 0. The first kappa shape index (κ1) is 17.7. The maximum Gasteiger partial charge on any atom is 0.417 e. The quantitative estimate of drug-likeness (QED) is 0.715. The van der Waals surface area contributed by atoms with E-state index < -0.39 is 32.5 Å². The molecule has 1 atom stereocenters. The normalized spacial score (nSPS) is 17.7. The van der Waals surface area contributed by atoms with Crippen molar-refractivity contribution < 1.29 is 17.2 Å². The van der Waals surface area contributed by atoms with Gasteiger partial charge in [-0.1, -0.05) is 18.2 Å². The van der Waals surface area contributed by atoms with Gasteiger partial charge in [-0.3, -0.25) is 4.98 Å². The number of rotatable bonds is 3. The van der Waals surface area contributed by atoms with Crippen molar-refractivity contribution in [3.8, 4) is 0 Å². The van der Waals surface area contributed by atoms with E-state index in [0.717, 1.165) is 36.3 Å². The predicted molar refractivity (Wildman–Crippen MR) is 98.8 cm³/mol. The number of hydrogen-bond donors (Lipinski definition) is 2. The first-order valence-corrected chi connectivity index (χ1v) is 9.98. The van der Waals surface area contributed by atoms with Gasteiger partial charge in [-0.05, 0) is 24.5 Å². The summed E-state index contributed by atoms with van der Waals surface area (Å²) in [6.07, 6.45) is 1.37. The van der Waals surface area contributed by atoms with Crippen molar-refractivity contribution >= 4 is 26.8 Å². The highest BCUT2D eigenvalue weighted by atomic mass is 32.2. The van der Waals surface area contributed by atoms with Crippen LogP contribution in [-0.2, 0) is 10.0 Å². The number of anilines is 1. The highest BCUT2D eigenvalue weighted by molar-refractivity contribution is 7.89. The molecule has 4 rings (SSSR count). The van der Waals surface area contributed by atoms with Crippen molar-refractivity contribution in [3.05, 3.63) is 58.3 Å². The van der Waals surface area contributed by atoms with Crippen LogP contribution in [0.15, 0.2) is 50.5 Å². The Morgan fingerprint density at radius 1 is 1.30 bits per heavy atom. The third-order valence-corrected chi connectivity index (χ3v) is 6.26. The van der Waals surface area contributed by atoms with Gasteiger partial charge < -0.3 is 9.32 Å². The van der Waals surface area contributed by atoms with Crippen LogP contribution in [-0.4, -0.2) is 27.0 Å². The van der Waals surface area contributed by atoms with Gasteiger partial charge in [0.25, 0.3) is 0 Å². The van der Waals surface area contributed by atoms with Gasteiger partial charge in [0, 0.05) is 37.5 Å². The first-order chi connectivity index (χ1) is 12.8. The standard InChI is InChI=1S/C18H18FN3O4S/c1-22-8-4-6-13(11-5-2-3-7-15(11)22)21-27(24,25)17-10-16-14(9-12(17)19)20-18(23)26-16/h2-3,5,7,9-10,13,21H,4,6,8H2,1H3,(H,20,23). The van der Waals surface area contributed by atoms with Crippen LogP contribution < -0.4 is 15.4 Å². The molecule has 1 aliphatic rings. The van der Waals surface area contributed by atoms with E-state index >= 15 is 0 Å². The van der Waals surface area contributed by atoms with Crippen molar-refractivity contribution in [1.82, 2.24) is 9.71 Å². The second kappa shape index (κ2) is 6.50. The number of nitrogens with one attached hydrogen (secondary N) is 2. The number of nitrogens with zero attached hydrogens (tertiary/aromatic N) is 1. The summed E-state index contributed by atoms with van der Waals surface area (Å²) in [7, 11) is -2.21. The molecule has 1 aromatic heterocycles. The zero-order valence-corrected chi connectivity index (χ0v) is 15.3. The van der Waals surface area contributed by atoms with Crippen molar-refractivity contribution in [2.45, 2.75) is 23.8 Å². The van der Waals surface area contributed by atoms with Crippen LogP contribution in [0.25, 0.3) is 11.1 Å². The fourth-order valence-electron chi connectivity index (χ4n) is 3.47. The predicted octanol–water partition coefficient (Wildman–Crippen LogP) is 2.51. The van der Waals surface area contributed by atoms with E-state index in [2.05, 4.69) is 14.6 Å². The molecule has 3 aromatic rings. The molecule has 9 heteroatoms. The van der Waals surface area contributed by atoms with Crippen molar-refractivity contribution in [2.75, 3.05) is 18.5 Å². The number of hydrogen-bond acceptors (Lipinski definition) is 5. The molecule has 2 N–H and O–H groups in total. The van der Waals surface area contributed by atoms with Crippen LogP contribution in [0.5, 0.6) is 0 Å². The highest BCUT2D eigenvalue weighted by Crippen LogP contribution is 2.33. The summed E-state index contributed by atoms with van der Waals surface area (Å²) in [6.45, 7) is 0.796. The third kappa shape index (κ3) is 3.24. The van der Waals surface area contributed by atoms with E-state index in [1.54, 1.807) is 0 Å². The van der Waals surface area contributed by atoms with Gasteiger partial charge >= 0.3 is 5.76 Å². The Kier molecular flexibility index (Phi) is 4.27. The molecule has 0 aliphatic carbocycles. The maximum absolute atomic E-state index is 14.4.